The number of anilines is 1. The Labute approximate surface area is 225 Å². The standard InChI is InChI=1S/C29H38N4O4S/c1-3-4-17-32(23-12-6-5-7-13-23)18-10-16-30-29(35)26-21-28(34)31-27-15-14-24(20-25(26)27)38(36,37)33-19-9-8-11-22(33)2/h5-7,12-15,20-22H,3-4,8-11,16-19H2,1-2H3,(H,30,35)(H,31,34)/t22-/m0/s1. The molecule has 1 atom stereocenters. The van der Waals surface area contributed by atoms with Gasteiger partial charge in [0.25, 0.3) is 5.91 Å². The summed E-state index contributed by atoms with van der Waals surface area (Å²) in [5.41, 5.74) is 1.36. The highest BCUT2D eigenvalue weighted by molar-refractivity contribution is 7.89. The van der Waals surface area contributed by atoms with Crippen molar-refractivity contribution in [2.45, 2.75) is 63.3 Å². The van der Waals surface area contributed by atoms with E-state index < -0.39 is 15.6 Å². The summed E-state index contributed by atoms with van der Waals surface area (Å²) < 4.78 is 28.4. The van der Waals surface area contributed by atoms with Crippen LogP contribution in [0.2, 0.25) is 0 Å². The number of benzene rings is 2. The van der Waals surface area contributed by atoms with Crippen LogP contribution in [0.1, 0.15) is 62.7 Å². The zero-order valence-corrected chi connectivity index (χ0v) is 23.1. The Hall–Kier alpha value is -3.17. The van der Waals surface area contributed by atoms with Crippen LogP contribution >= 0.6 is 0 Å². The molecule has 0 radical (unpaired) electrons. The molecule has 2 heterocycles. The maximum absolute atomic E-state index is 13.4. The largest absolute Gasteiger partial charge is 0.371 e. The number of amides is 1. The third kappa shape index (κ3) is 6.45. The van der Waals surface area contributed by atoms with Gasteiger partial charge in [0.15, 0.2) is 0 Å². The van der Waals surface area contributed by atoms with Crippen LogP contribution in [0, 0.1) is 0 Å². The quantitative estimate of drug-likeness (QED) is 0.350. The van der Waals surface area contributed by atoms with E-state index in [1.165, 1.54) is 18.2 Å². The van der Waals surface area contributed by atoms with Crippen molar-refractivity contribution in [2.24, 2.45) is 0 Å². The average molecular weight is 539 g/mol. The van der Waals surface area contributed by atoms with E-state index in [0.717, 1.165) is 57.3 Å². The molecule has 1 fully saturated rings. The van der Waals surface area contributed by atoms with Crippen molar-refractivity contribution in [1.82, 2.24) is 14.6 Å². The molecule has 204 valence electrons. The van der Waals surface area contributed by atoms with Crippen LogP contribution in [-0.4, -0.2) is 55.8 Å². The van der Waals surface area contributed by atoms with E-state index in [4.69, 9.17) is 0 Å². The summed E-state index contributed by atoms with van der Waals surface area (Å²) in [7, 11) is -3.72. The van der Waals surface area contributed by atoms with Gasteiger partial charge in [-0.25, -0.2) is 8.42 Å². The molecule has 0 aliphatic carbocycles. The van der Waals surface area contributed by atoms with E-state index in [1.54, 1.807) is 10.4 Å². The molecular weight excluding hydrogens is 500 g/mol. The van der Waals surface area contributed by atoms with Crippen molar-refractivity contribution in [1.29, 1.82) is 0 Å². The fourth-order valence-electron chi connectivity index (χ4n) is 5.07. The van der Waals surface area contributed by atoms with Gasteiger partial charge in [-0.1, -0.05) is 38.0 Å². The van der Waals surface area contributed by atoms with Crippen LogP contribution in [0.25, 0.3) is 10.9 Å². The Morgan fingerprint density at radius 2 is 1.84 bits per heavy atom. The van der Waals surface area contributed by atoms with Crippen LogP contribution in [0.5, 0.6) is 0 Å². The Bertz CT molecular complexity index is 1410. The highest BCUT2D eigenvalue weighted by Gasteiger charge is 2.31. The molecule has 38 heavy (non-hydrogen) atoms. The van der Waals surface area contributed by atoms with Crippen molar-refractivity contribution in [3.8, 4) is 0 Å². The first-order valence-corrected chi connectivity index (χ1v) is 15.0. The summed E-state index contributed by atoms with van der Waals surface area (Å²) in [6.07, 6.45) is 5.59. The van der Waals surface area contributed by atoms with Crippen molar-refractivity contribution in [2.75, 3.05) is 31.1 Å². The first-order chi connectivity index (χ1) is 18.3. The van der Waals surface area contributed by atoms with Gasteiger partial charge in [-0.05, 0) is 62.9 Å². The molecule has 3 aromatic rings. The number of H-pyrrole nitrogens is 1. The summed E-state index contributed by atoms with van der Waals surface area (Å²) in [5.74, 6) is -0.387. The minimum atomic E-state index is -3.72. The molecule has 1 saturated heterocycles. The first kappa shape index (κ1) is 27.9. The molecule has 1 amide bonds. The highest BCUT2D eigenvalue weighted by Crippen LogP contribution is 2.27. The van der Waals surface area contributed by atoms with Crippen molar-refractivity contribution >= 4 is 32.5 Å². The second kappa shape index (κ2) is 12.6. The number of nitrogens with one attached hydrogen (secondary N) is 2. The Morgan fingerprint density at radius 1 is 1.08 bits per heavy atom. The SMILES string of the molecule is CCCCN(CCCNC(=O)c1cc(=O)[nH]c2ccc(S(=O)(=O)N3CCCC[C@@H]3C)cc12)c1ccccc1. The number of piperidine rings is 1. The monoisotopic (exact) mass is 538 g/mol. The number of carbonyl (C=O) groups is 1. The average Bonchev–Trinajstić information content (AvgIpc) is 2.92. The second-order valence-corrected chi connectivity index (χ2v) is 11.9. The number of hydrogen-bond acceptors (Lipinski definition) is 5. The summed E-state index contributed by atoms with van der Waals surface area (Å²) in [6.45, 7) is 6.75. The number of aromatic nitrogens is 1. The fraction of sp³-hybridized carbons (Fsp3) is 0.448. The Kier molecular flexibility index (Phi) is 9.22. The molecule has 0 unspecified atom stereocenters. The van der Waals surface area contributed by atoms with E-state index in [9.17, 15) is 18.0 Å². The molecule has 0 saturated carbocycles. The van der Waals surface area contributed by atoms with Gasteiger partial charge in [0.05, 0.1) is 10.5 Å². The number of aromatic amines is 1. The molecule has 2 N–H and O–H groups in total. The van der Waals surface area contributed by atoms with Crippen LogP contribution in [-0.2, 0) is 10.0 Å². The fourth-order valence-corrected chi connectivity index (χ4v) is 6.80. The van der Waals surface area contributed by atoms with Gasteiger partial charge in [0.1, 0.15) is 0 Å². The van der Waals surface area contributed by atoms with Crippen molar-refractivity contribution in [3.05, 3.63) is 70.5 Å². The Morgan fingerprint density at radius 3 is 2.58 bits per heavy atom. The van der Waals surface area contributed by atoms with Crippen LogP contribution in [0.4, 0.5) is 5.69 Å². The van der Waals surface area contributed by atoms with Gasteiger partial charge >= 0.3 is 0 Å². The lowest BCUT2D eigenvalue weighted by Gasteiger charge is -2.32. The van der Waals surface area contributed by atoms with Gasteiger partial charge in [0.2, 0.25) is 15.6 Å². The number of rotatable bonds is 11. The van der Waals surface area contributed by atoms with Gasteiger partial charge in [0, 0.05) is 54.9 Å². The number of nitrogens with zero attached hydrogens (tertiary/aromatic N) is 2. The zero-order chi connectivity index (χ0) is 27.1. The normalized spacial score (nSPS) is 16.4. The lowest BCUT2D eigenvalue weighted by atomic mass is 10.1. The predicted molar refractivity (Wildman–Crippen MR) is 152 cm³/mol. The van der Waals surface area contributed by atoms with Gasteiger partial charge < -0.3 is 15.2 Å². The van der Waals surface area contributed by atoms with E-state index >= 15 is 0 Å². The molecule has 4 rings (SSSR count). The van der Waals surface area contributed by atoms with Gasteiger partial charge in [-0.3, -0.25) is 9.59 Å². The Balaban J connectivity index is 1.50. The summed E-state index contributed by atoms with van der Waals surface area (Å²) in [5, 5.41) is 3.35. The van der Waals surface area contributed by atoms with E-state index in [2.05, 4.69) is 34.3 Å². The summed E-state index contributed by atoms with van der Waals surface area (Å²) in [6, 6.07) is 16.0. The van der Waals surface area contributed by atoms with Crippen LogP contribution in [0.15, 0.2) is 64.3 Å². The topological polar surface area (TPSA) is 103 Å². The molecule has 9 heteroatoms. The minimum Gasteiger partial charge on any atom is -0.371 e. The van der Waals surface area contributed by atoms with Gasteiger partial charge in [-0.15, -0.1) is 0 Å². The molecule has 1 aliphatic heterocycles. The molecule has 1 aromatic heterocycles. The number of carbonyl (C=O) groups excluding carboxylic acids is 1. The highest BCUT2D eigenvalue weighted by atomic mass is 32.2. The maximum atomic E-state index is 13.4. The molecular formula is C29H38N4O4S. The van der Waals surface area contributed by atoms with E-state index in [1.807, 2.05) is 25.1 Å². The molecule has 0 spiro atoms. The number of pyridine rings is 1. The van der Waals surface area contributed by atoms with Crippen molar-refractivity contribution < 1.29 is 13.2 Å². The van der Waals surface area contributed by atoms with Crippen molar-refractivity contribution in [3.63, 3.8) is 0 Å². The first-order valence-electron chi connectivity index (χ1n) is 13.6. The zero-order valence-electron chi connectivity index (χ0n) is 22.3. The smallest absolute Gasteiger partial charge is 0.252 e. The van der Waals surface area contributed by atoms with Crippen LogP contribution in [0.3, 0.4) is 0 Å². The van der Waals surface area contributed by atoms with Crippen LogP contribution < -0.4 is 15.8 Å². The lowest BCUT2D eigenvalue weighted by molar-refractivity contribution is 0.0955. The molecule has 2 aromatic carbocycles. The summed E-state index contributed by atoms with van der Waals surface area (Å²) in [4.78, 5) is 30.6. The van der Waals surface area contributed by atoms with Gasteiger partial charge in [-0.2, -0.15) is 4.31 Å². The number of para-hydroxylation sites is 1. The lowest BCUT2D eigenvalue weighted by Crippen LogP contribution is -2.41. The molecule has 1 aliphatic rings. The summed E-state index contributed by atoms with van der Waals surface area (Å²) >= 11 is 0. The predicted octanol–water partition coefficient (Wildman–Crippen LogP) is 4.52. The third-order valence-electron chi connectivity index (χ3n) is 7.20. The molecule has 8 nitrogen and oxygen atoms in total. The minimum absolute atomic E-state index is 0.0735. The molecule has 0 bridgehead atoms. The number of fused-ring (bicyclic) bond motifs is 1. The van der Waals surface area contributed by atoms with E-state index in [0.29, 0.717) is 24.0 Å². The van der Waals surface area contributed by atoms with E-state index in [-0.39, 0.29) is 22.4 Å². The third-order valence-corrected chi connectivity index (χ3v) is 9.21. The number of hydrogen-bond donors (Lipinski definition) is 2. The maximum Gasteiger partial charge on any atom is 0.252 e. The number of unbranched alkanes of at least 4 members (excludes halogenated alkanes) is 1. The number of sulfonamides is 1. The second-order valence-electron chi connectivity index (χ2n) is 10.0.